The van der Waals surface area contributed by atoms with Gasteiger partial charge in [-0.25, -0.2) is 4.79 Å². The van der Waals surface area contributed by atoms with E-state index < -0.39 is 5.97 Å². The number of anilines is 1. The molecule has 0 aliphatic heterocycles. The molecule has 0 aliphatic rings. The van der Waals surface area contributed by atoms with Crippen LogP contribution in [0, 0.1) is 0 Å². The maximum absolute atomic E-state index is 11.6. The van der Waals surface area contributed by atoms with Crippen molar-refractivity contribution in [1.82, 2.24) is 4.57 Å². The quantitative estimate of drug-likeness (QED) is 0.792. The lowest BCUT2D eigenvalue weighted by atomic mass is 10.4. The summed E-state index contributed by atoms with van der Waals surface area (Å²) >= 11 is 0. The normalized spacial score (nSPS) is 10.3. The second-order valence-electron chi connectivity index (χ2n) is 3.86. The zero-order valence-corrected chi connectivity index (χ0v) is 9.90. The number of esters is 1. The van der Waals surface area contributed by atoms with Gasteiger partial charge >= 0.3 is 5.97 Å². The average molecular weight is 224 g/mol. The lowest BCUT2D eigenvalue weighted by molar-refractivity contribution is -0.114. The van der Waals surface area contributed by atoms with Crippen molar-refractivity contribution < 1.29 is 14.3 Å². The first kappa shape index (κ1) is 12.3. The molecule has 0 aromatic carbocycles. The van der Waals surface area contributed by atoms with Crippen molar-refractivity contribution in [2.24, 2.45) is 7.05 Å². The predicted molar refractivity (Wildman–Crippen MR) is 60.3 cm³/mol. The van der Waals surface area contributed by atoms with Gasteiger partial charge < -0.3 is 14.6 Å². The molecular formula is C11H16N2O3. The third-order valence-corrected chi connectivity index (χ3v) is 1.88. The van der Waals surface area contributed by atoms with Crippen molar-refractivity contribution in [1.29, 1.82) is 0 Å². The van der Waals surface area contributed by atoms with E-state index in [4.69, 9.17) is 4.74 Å². The van der Waals surface area contributed by atoms with E-state index in [0.29, 0.717) is 11.4 Å². The average Bonchev–Trinajstić information content (AvgIpc) is 2.44. The third kappa shape index (κ3) is 3.12. The zero-order valence-electron chi connectivity index (χ0n) is 9.90. The molecule has 1 aromatic heterocycles. The van der Waals surface area contributed by atoms with Gasteiger partial charge in [-0.15, -0.1) is 0 Å². The van der Waals surface area contributed by atoms with Crippen LogP contribution in [0.4, 0.5) is 5.69 Å². The summed E-state index contributed by atoms with van der Waals surface area (Å²) in [5.41, 5.74) is 1.00. The Morgan fingerprint density at radius 1 is 1.44 bits per heavy atom. The number of carbonyl (C=O) groups is 2. The maximum Gasteiger partial charge on any atom is 0.355 e. The number of hydrogen-bond donors (Lipinski definition) is 1. The van der Waals surface area contributed by atoms with Crippen LogP contribution in [0.1, 0.15) is 31.3 Å². The highest BCUT2D eigenvalue weighted by Gasteiger charge is 2.14. The Kier molecular flexibility index (Phi) is 3.71. The number of aromatic nitrogens is 1. The van der Waals surface area contributed by atoms with Gasteiger partial charge in [0.25, 0.3) is 0 Å². The molecule has 1 N–H and O–H groups in total. The van der Waals surface area contributed by atoms with Crippen LogP contribution < -0.4 is 5.32 Å². The SMILES string of the molecule is CC(=O)Nc1cc(C(=O)OC(C)C)n(C)c1. The Labute approximate surface area is 94.4 Å². The summed E-state index contributed by atoms with van der Waals surface area (Å²) < 4.78 is 6.68. The summed E-state index contributed by atoms with van der Waals surface area (Å²) in [6.45, 7) is 4.99. The number of nitrogens with zero attached hydrogens (tertiary/aromatic N) is 1. The Morgan fingerprint density at radius 3 is 2.56 bits per heavy atom. The monoisotopic (exact) mass is 224 g/mol. The number of rotatable bonds is 3. The van der Waals surface area contributed by atoms with E-state index in [0.717, 1.165) is 0 Å². The second kappa shape index (κ2) is 4.83. The zero-order chi connectivity index (χ0) is 12.3. The summed E-state index contributed by atoms with van der Waals surface area (Å²) in [6.07, 6.45) is 1.50. The molecule has 0 saturated carbocycles. The molecule has 0 saturated heterocycles. The Hall–Kier alpha value is -1.78. The standard InChI is InChI=1S/C11H16N2O3/c1-7(2)16-11(15)10-5-9(6-13(10)4)12-8(3)14/h5-7H,1-4H3,(H,12,14). The molecule has 0 fully saturated rings. The fourth-order valence-electron chi connectivity index (χ4n) is 1.31. The van der Waals surface area contributed by atoms with Crippen molar-refractivity contribution in [3.8, 4) is 0 Å². The first-order valence-corrected chi connectivity index (χ1v) is 5.05. The summed E-state index contributed by atoms with van der Waals surface area (Å²) in [6, 6.07) is 1.59. The van der Waals surface area contributed by atoms with E-state index in [2.05, 4.69) is 5.32 Å². The van der Waals surface area contributed by atoms with E-state index in [9.17, 15) is 9.59 Å². The highest BCUT2D eigenvalue weighted by Crippen LogP contribution is 2.14. The molecule has 0 bridgehead atoms. The van der Waals surface area contributed by atoms with Crippen molar-refractivity contribution in [3.63, 3.8) is 0 Å². The van der Waals surface area contributed by atoms with Gasteiger partial charge in [0.05, 0.1) is 11.8 Å². The van der Waals surface area contributed by atoms with Crippen molar-refractivity contribution in [2.45, 2.75) is 26.9 Å². The molecule has 88 valence electrons. The van der Waals surface area contributed by atoms with Gasteiger partial charge in [0, 0.05) is 20.2 Å². The summed E-state index contributed by atoms with van der Waals surface area (Å²) in [5.74, 6) is -0.566. The predicted octanol–water partition coefficient (Wildman–Crippen LogP) is 1.55. The molecule has 0 atom stereocenters. The van der Waals surface area contributed by atoms with Gasteiger partial charge in [-0.1, -0.05) is 0 Å². The van der Waals surface area contributed by atoms with Crippen molar-refractivity contribution in [2.75, 3.05) is 5.32 Å². The van der Waals surface area contributed by atoms with E-state index in [1.54, 1.807) is 37.7 Å². The number of amides is 1. The molecule has 1 heterocycles. The first-order chi connectivity index (χ1) is 7.40. The lowest BCUT2D eigenvalue weighted by Gasteiger charge is -2.07. The van der Waals surface area contributed by atoms with Gasteiger partial charge in [0.1, 0.15) is 5.69 Å². The minimum Gasteiger partial charge on any atom is -0.458 e. The third-order valence-electron chi connectivity index (χ3n) is 1.88. The van der Waals surface area contributed by atoms with Crippen molar-refractivity contribution in [3.05, 3.63) is 18.0 Å². The van der Waals surface area contributed by atoms with Crippen LogP contribution in [0.3, 0.4) is 0 Å². The van der Waals surface area contributed by atoms with Crippen LogP contribution in [0.5, 0.6) is 0 Å². The van der Waals surface area contributed by atoms with E-state index in [1.807, 2.05) is 0 Å². The van der Waals surface area contributed by atoms with Crippen LogP contribution in [0.25, 0.3) is 0 Å². The maximum atomic E-state index is 11.6. The molecule has 0 spiro atoms. The minimum absolute atomic E-state index is 0.161. The molecule has 1 amide bonds. The summed E-state index contributed by atoms with van der Waals surface area (Å²) in [5, 5.41) is 2.61. The van der Waals surface area contributed by atoms with Gasteiger partial charge in [-0.2, -0.15) is 0 Å². The fourth-order valence-corrected chi connectivity index (χ4v) is 1.31. The Balaban J connectivity index is 2.84. The molecular weight excluding hydrogens is 208 g/mol. The van der Waals surface area contributed by atoms with Crippen LogP contribution >= 0.6 is 0 Å². The van der Waals surface area contributed by atoms with Gasteiger partial charge in [-0.3, -0.25) is 4.79 Å². The molecule has 1 rings (SSSR count). The summed E-state index contributed by atoms with van der Waals surface area (Å²) in [4.78, 5) is 22.5. The van der Waals surface area contributed by atoms with Gasteiger partial charge in [0.2, 0.25) is 5.91 Å². The van der Waals surface area contributed by atoms with E-state index in [-0.39, 0.29) is 12.0 Å². The Morgan fingerprint density at radius 2 is 2.06 bits per heavy atom. The molecule has 0 aliphatic carbocycles. The highest BCUT2D eigenvalue weighted by atomic mass is 16.5. The molecule has 1 aromatic rings. The number of hydrogen-bond acceptors (Lipinski definition) is 3. The molecule has 5 heteroatoms. The Bertz CT molecular complexity index is 407. The van der Waals surface area contributed by atoms with Crippen LogP contribution in [0.15, 0.2) is 12.3 Å². The summed E-state index contributed by atoms with van der Waals surface area (Å²) in [7, 11) is 1.72. The van der Waals surface area contributed by atoms with Gasteiger partial charge in [-0.05, 0) is 19.9 Å². The van der Waals surface area contributed by atoms with E-state index >= 15 is 0 Å². The molecule has 16 heavy (non-hydrogen) atoms. The van der Waals surface area contributed by atoms with Crippen LogP contribution in [-0.4, -0.2) is 22.5 Å². The van der Waals surface area contributed by atoms with Crippen molar-refractivity contribution >= 4 is 17.6 Å². The second-order valence-corrected chi connectivity index (χ2v) is 3.86. The largest absolute Gasteiger partial charge is 0.458 e. The minimum atomic E-state index is -0.394. The van der Waals surface area contributed by atoms with Crippen LogP contribution in [0.2, 0.25) is 0 Å². The van der Waals surface area contributed by atoms with E-state index in [1.165, 1.54) is 6.92 Å². The van der Waals surface area contributed by atoms with Gasteiger partial charge in [0.15, 0.2) is 0 Å². The smallest absolute Gasteiger partial charge is 0.355 e. The number of nitrogens with one attached hydrogen (secondary N) is 1. The fraction of sp³-hybridized carbons (Fsp3) is 0.455. The topological polar surface area (TPSA) is 60.3 Å². The number of carbonyl (C=O) groups excluding carboxylic acids is 2. The molecule has 0 radical (unpaired) electrons. The van der Waals surface area contributed by atoms with Crippen LogP contribution in [-0.2, 0) is 16.6 Å². The number of aryl methyl sites for hydroxylation is 1. The number of ether oxygens (including phenoxy) is 1. The highest BCUT2D eigenvalue weighted by molar-refractivity contribution is 5.93. The molecule has 0 unspecified atom stereocenters. The lowest BCUT2D eigenvalue weighted by Crippen LogP contribution is -2.14. The first-order valence-electron chi connectivity index (χ1n) is 5.05. The molecule has 5 nitrogen and oxygen atoms in total.